The zero-order chi connectivity index (χ0) is 16.2. The first kappa shape index (κ1) is 16.0. The van der Waals surface area contributed by atoms with Gasteiger partial charge in [-0.15, -0.1) is 0 Å². The Morgan fingerprint density at radius 2 is 2.26 bits per heavy atom. The number of hydrogen-bond acceptors (Lipinski definition) is 3. The van der Waals surface area contributed by atoms with E-state index in [9.17, 15) is 4.79 Å². The van der Waals surface area contributed by atoms with Gasteiger partial charge >= 0.3 is 0 Å². The van der Waals surface area contributed by atoms with Crippen LogP contribution in [0, 0.1) is 0 Å². The lowest BCUT2D eigenvalue weighted by atomic mass is 10.2. The average Bonchev–Trinajstić information content (AvgIpc) is 2.96. The van der Waals surface area contributed by atoms with Crippen molar-refractivity contribution in [2.45, 2.75) is 33.0 Å². The van der Waals surface area contributed by atoms with Crippen LogP contribution in [-0.2, 0) is 19.6 Å². The summed E-state index contributed by atoms with van der Waals surface area (Å²) in [6, 6.07) is 7.48. The summed E-state index contributed by atoms with van der Waals surface area (Å²) in [6.07, 6.45) is 2.99. The summed E-state index contributed by atoms with van der Waals surface area (Å²) in [6.45, 7) is 6.42. The van der Waals surface area contributed by atoms with Crippen molar-refractivity contribution < 1.29 is 4.79 Å². The normalized spacial score (nSPS) is 14.5. The Balaban J connectivity index is 1.62. The quantitative estimate of drug-likeness (QED) is 0.916. The van der Waals surface area contributed by atoms with Crippen LogP contribution in [0.1, 0.15) is 35.2 Å². The van der Waals surface area contributed by atoms with Crippen molar-refractivity contribution in [1.29, 1.82) is 0 Å². The number of carbonyl (C=O) groups excluding carboxylic acids is 1. The van der Waals surface area contributed by atoms with Gasteiger partial charge in [0.2, 0.25) is 0 Å². The van der Waals surface area contributed by atoms with Crippen molar-refractivity contribution in [2.24, 2.45) is 0 Å². The molecule has 2 heterocycles. The van der Waals surface area contributed by atoms with Crippen LogP contribution in [0.15, 0.2) is 30.5 Å². The second-order valence-electron chi connectivity index (χ2n) is 5.82. The number of imidazole rings is 1. The third kappa shape index (κ3) is 3.92. The number of nitrogens with zero attached hydrogens (tertiary/aromatic N) is 3. The Morgan fingerprint density at radius 1 is 1.39 bits per heavy atom. The molecule has 0 aliphatic carbocycles. The number of nitrogens with one attached hydrogen (secondary N) is 1. The van der Waals surface area contributed by atoms with Crippen molar-refractivity contribution >= 4 is 17.5 Å². The highest BCUT2D eigenvalue weighted by atomic mass is 35.5. The Kier molecular flexibility index (Phi) is 4.98. The van der Waals surface area contributed by atoms with E-state index < -0.39 is 0 Å². The molecule has 0 saturated heterocycles. The Labute approximate surface area is 141 Å². The summed E-state index contributed by atoms with van der Waals surface area (Å²) in [7, 11) is 0. The third-order valence-corrected chi connectivity index (χ3v) is 4.23. The minimum Gasteiger partial charge on any atom is -0.347 e. The maximum absolute atomic E-state index is 12.3. The highest BCUT2D eigenvalue weighted by Gasteiger charge is 2.20. The first-order valence-corrected chi connectivity index (χ1v) is 8.34. The summed E-state index contributed by atoms with van der Waals surface area (Å²) in [5.41, 5.74) is 1.46. The predicted molar refractivity (Wildman–Crippen MR) is 90.4 cm³/mol. The van der Waals surface area contributed by atoms with E-state index in [4.69, 9.17) is 11.6 Å². The number of fused-ring (bicyclic) bond motifs is 1. The fourth-order valence-electron chi connectivity index (χ4n) is 2.84. The molecule has 0 atom stereocenters. The topological polar surface area (TPSA) is 50.2 Å². The van der Waals surface area contributed by atoms with Crippen LogP contribution in [0.4, 0.5) is 0 Å². The molecule has 1 N–H and O–H groups in total. The molecule has 0 saturated carbocycles. The summed E-state index contributed by atoms with van der Waals surface area (Å²) in [5, 5.41) is 3.57. The minimum atomic E-state index is -0.145. The molecule has 1 aromatic heterocycles. The first-order valence-electron chi connectivity index (χ1n) is 7.96. The van der Waals surface area contributed by atoms with E-state index in [1.165, 1.54) is 0 Å². The van der Waals surface area contributed by atoms with Crippen LogP contribution in [-0.4, -0.2) is 33.4 Å². The zero-order valence-electron chi connectivity index (χ0n) is 13.3. The monoisotopic (exact) mass is 332 g/mol. The fraction of sp³-hybridized carbons (Fsp3) is 0.412. The largest absolute Gasteiger partial charge is 0.347 e. The molecule has 0 unspecified atom stereocenters. The fourth-order valence-corrected chi connectivity index (χ4v) is 3.05. The molecule has 1 amide bonds. The number of aromatic nitrogens is 2. The zero-order valence-corrected chi connectivity index (χ0v) is 14.0. The smallest absolute Gasteiger partial charge is 0.271 e. The summed E-state index contributed by atoms with van der Waals surface area (Å²) in [4.78, 5) is 19.2. The van der Waals surface area contributed by atoms with Gasteiger partial charge in [-0.2, -0.15) is 0 Å². The molecule has 6 heteroatoms. The number of halogens is 1. The van der Waals surface area contributed by atoms with Gasteiger partial charge in [0.25, 0.3) is 5.91 Å². The molecule has 122 valence electrons. The molecule has 0 spiro atoms. The number of hydrogen-bond donors (Lipinski definition) is 1. The molecule has 1 aromatic carbocycles. The van der Waals surface area contributed by atoms with Crippen molar-refractivity contribution in [3.8, 4) is 0 Å². The van der Waals surface area contributed by atoms with Crippen LogP contribution >= 0.6 is 11.6 Å². The molecule has 3 rings (SSSR count). The van der Waals surface area contributed by atoms with Gasteiger partial charge in [0, 0.05) is 30.9 Å². The summed E-state index contributed by atoms with van der Waals surface area (Å²) in [5.74, 6) is 0.825. The Morgan fingerprint density at radius 3 is 3.04 bits per heavy atom. The maximum atomic E-state index is 12.3. The molecule has 0 bridgehead atoms. The van der Waals surface area contributed by atoms with Gasteiger partial charge < -0.3 is 9.88 Å². The maximum Gasteiger partial charge on any atom is 0.271 e. The SMILES string of the molecule is CCCN1CCn2cc(C(=O)NCc3cccc(Cl)c3)nc2C1. The molecular formula is C17H21ClN4O. The van der Waals surface area contributed by atoms with Crippen molar-refractivity contribution in [1.82, 2.24) is 19.8 Å². The number of benzene rings is 1. The molecule has 0 fully saturated rings. The second kappa shape index (κ2) is 7.15. The molecule has 23 heavy (non-hydrogen) atoms. The van der Waals surface area contributed by atoms with Crippen LogP contribution < -0.4 is 5.32 Å². The lowest BCUT2D eigenvalue weighted by molar-refractivity contribution is 0.0946. The molecule has 2 aromatic rings. The molecule has 1 aliphatic rings. The van der Waals surface area contributed by atoms with Crippen molar-refractivity contribution in [2.75, 3.05) is 13.1 Å². The number of carbonyl (C=O) groups is 1. The average molecular weight is 333 g/mol. The predicted octanol–water partition coefficient (Wildman–Crippen LogP) is 2.69. The van der Waals surface area contributed by atoms with E-state index in [0.29, 0.717) is 17.3 Å². The standard InChI is InChI=1S/C17H21ClN4O/c1-2-6-21-7-8-22-11-15(20-16(22)12-21)17(23)19-10-13-4-3-5-14(18)9-13/h3-5,9,11H,2,6-8,10,12H2,1H3,(H,19,23). The van der Waals surface area contributed by atoms with Crippen LogP contribution in [0.25, 0.3) is 0 Å². The lowest BCUT2D eigenvalue weighted by Gasteiger charge is -2.26. The van der Waals surface area contributed by atoms with Crippen molar-refractivity contribution in [3.63, 3.8) is 0 Å². The van der Waals surface area contributed by atoms with E-state index in [0.717, 1.165) is 44.0 Å². The second-order valence-corrected chi connectivity index (χ2v) is 6.26. The molecule has 0 radical (unpaired) electrons. The van der Waals surface area contributed by atoms with Gasteiger partial charge in [-0.1, -0.05) is 30.7 Å². The van der Waals surface area contributed by atoms with Crippen molar-refractivity contribution in [3.05, 3.63) is 52.6 Å². The highest BCUT2D eigenvalue weighted by molar-refractivity contribution is 6.30. The number of amides is 1. The Bertz CT molecular complexity index is 698. The van der Waals surface area contributed by atoms with Gasteiger partial charge in [-0.3, -0.25) is 9.69 Å². The molecule has 1 aliphatic heterocycles. The first-order chi connectivity index (χ1) is 11.2. The highest BCUT2D eigenvalue weighted by Crippen LogP contribution is 2.14. The Hall–Kier alpha value is -1.85. The summed E-state index contributed by atoms with van der Waals surface area (Å²) < 4.78 is 2.08. The van der Waals surface area contributed by atoms with E-state index in [2.05, 4.69) is 26.7 Å². The summed E-state index contributed by atoms with van der Waals surface area (Å²) >= 11 is 5.95. The van der Waals surface area contributed by atoms with Gasteiger partial charge in [0.1, 0.15) is 11.5 Å². The van der Waals surface area contributed by atoms with Crippen LogP contribution in [0.5, 0.6) is 0 Å². The third-order valence-electron chi connectivity index (χ3n) is 4.00. The molecular weight excluding hydrogens is 312 g/mol. The van der Waals surface area contributed by atoms with E-state index >= 15 is 0 Å². The molecule has 5 nitrogen and oxygen atoms in total. The number of rotatable bonds is 5. The lowest BCUT2D eigenvalue weighted by Crippen LogP contribution is -2.34. The van der Waals surface area contributed by atoms with E-state index in [-0.39, 0.29) is 5.91 Å². The van der Waals surface area contributed by atoms with Gasteiger partial charge in [-0.25, -0.2) is 4.98 Å². The van der Waals surface area contributed by atoms with Gasteiger partial charge in [0.15, 0.2) is 0 Å². The van der Waals surface area contributed by atoms with Crippen LogP contribution in [0.2, 0.25) is 5.02 Å². The van der Waals surface area contributed by atoms with Crippen LogP contribution in [0.3, 0.4) is 0 Å². The van der Waals surface area contributed by atoms with E-state index in [1.807, 2.05) is 30.5 Å². The van der Waals surface area contributed by atoms with Gasteiger partial charge in [-0.05, 0) is 30.7 Å². The van der Waals surface area contributed by atoms with Gasteiger partial charge in [0.05, 0.1) is 6.54 Å². The minimum absolute atomic E-state index is 0.145. The van der Waals surface area contributed by atoms with E-state index in [1.54, 1.807) is 0 Å².